The molecule has 2 aromatic carbocycles. The van der Waals surface area contributed by atoms with E-state index in [-0.39, 0.29) is 30.5 Å². The molecular formula is C27H29FN2O5. The number of amides is 1. The van der Waals surface area contributed by atoms with Gasteiger partial charge in [-0.05, 0) is 75.2 Å². The molecule has 0 saturated heterocycles. The van der Waals surface area contributed by atoms with Crippen molar-refractivity contribution < 1.29 is 28.2 Å². The molecule has 1 atom stereocenters. The van der Waals surface area contributed by atoms with E-state index in [2.05, 4.69) is 4.98 Å². The number of hydrogen-bond donors (Lipinski definition) is 1. The molecule has 1 aromatic heterocycles. The Kier molecular flexibility index (Phi) is 8.06. The van der Waals surface area contributed by atoms with Crippen molar-refractivity contribution in [2.45, 2.75) is 40.3 Å². The number of hydrogen-bond acceptors (Lipinski definition) is 5. The molecule has 1 amide bonds. The Hall–Kier alpha value is -3.94. The average molecular weight is 481 g/mol. The lowest BCUT2D eigenvalue weighted by atomic mass is 9.98. The fraction of sp³-hybridized carbons (Fsp3) is 0.296. The van der Waals surface area contributed by atoms with E-state index in [0.717, 1.165) is 0 Å². The zero-order valence-electron chi connectivity index (χ0n) is 20.5. The van der Waals surface area contributed by atoms with Gasteiger partial charge in [-0.2, -0.15) is 0 Å². The second kappa shape index (κ2) is 11.0. The molecule has 8 heteroatoms. The van der Waals surface area contributed by atoms with Gasteiger partial charge in [0, 0.05) is 23.4 Å². The van der Waals surface area contributed by atoms with E-state index < -0.39 is 17.8 Å². The van der Waals surface area contributed by atoms with Gasteiger partial charge in [0.05, 0.1) is 19.8 Å². The number of ether oxygens (including phenoxy) is 2. The summed E-state index contributed by atoms with van der Waals surface area (Å²) in [5, 5.41) is 0. The highest BCUT2D eigenvalue weighted by Crippen LogP contribution is 2.24. The van der Waals surface area contributed by atoms with E-state index in [1.165, 1.54) is 24.1 Å². The van der Waals surface area contributed by atoms with Crippen LogP contribution in [-0.4, -0.2) is 47.3 Å². The molecule has 35 heavy (non-hydrogen) atoms. The number of benzene rings is 2. The van der Waals surface area contributed by atoms with Crippen LogP contribution in [-0.2, 0) is 11.3 Å². The van der Waals surface area contributed by atoms with E-state index in [0.29, 0.717) is 33.7 Å². The lowest BCUT2D eigenvalue weighted by Crippen LogP contribution is -2.43. The third-order valence-corrected chi connectivity index (χ3v) is 5.87. The summed E-state index contributed by atoms with van der Waals surface area (Å²) in [5.41, 5.74) is 2.58. The number of methoxy groups -OCH3 is 1. The number of aromatic amines is 1. The first-order chi connectivity index (χ1) is 16.7. The SMILES string of the molecule is CCOC(=O)c1[nH]c(C)c(C(=O)C(C)N(Cc2ccc(F)cc2)C(=O)c2ccc(OC)cc2)c1C. The Labute approximate surface area is 203 Å². The summed E-state index contributed by atoms with van der Waals surface area (Å²) in [6.45, 7) is 7.01. The van der Waals surface area contributed by atoms with Crippen molar-refractivity contribution >= 4 is 17.7 Å². The lowest BCUT2D eigenvalue weighted by Gasteiger charge is -2.29. The average Bonchev–Trinajstić information content (AvgIpc) is 3.16. The van der Waals surface area contributed by atoms with Gasteiger partial charge in [0.25, 0.3) is 5.91 Å². The Morgan fingerprint density at radius 3 is 2.23 bits per heavy atom. The first kappa shape index (κ1) is 25.7. The van der Waals surface area contributed by atoms with Gasteiger partial charge in [0.15, 0.2) is 5.78 Å². The van der Waals surface area contributed by atoms with Crippen molar-refractivity contribution in [2.75, 3.05) is 13.7 Å². The molecule has 0 fully saturated rings. The second-order valence-corrected chi connectivity index (χ2v) is 8.17. The van der Waals surface area contributed by atoms with E-state index in [1.54, 1.807) is 64.1 Å². The Morgan fingerprint density at radius 2 is 1.66 bits per heavy atom. The number of aromatic nitrogens is 1. The molecule has 1 N–H and O–H groups in total. The van der Waals surface area contributed by atoms with Crippen LogP contribution in [0.4, 0.5) is 4.39 Å². The van der Waals surface area contributed by atoms with Gasteiger partial charge in [-0.3, -0.25) is 9.59 Å². The molecule has 1 heterocycles. The number of carbonyl (C=O) groups excluding carboxylic acids is 3. The summed E-state index contributed by atoms with van der Waals surface area (Å²) < 4.78 is 23.7. The fourth-order valence-corrected chi connectivity index (χ4v) is 3.95. The number of Topliss-reactive ketones (excluding diaryl/α,β-unsaturated/α-hetero) is 1. The molecule has 7 nitrogen and oxygen atoms in total. The maximum absolute atomic E-state index is 13.7. The summed E-state index contributed by atoms with van der Waals surface area (Å²) in [4.78, 5) is 43.9. The van der Waals surface area contributed by atoms with Crippen molar-refractivity contribution in [3.8, 4) is 5.75 Å². The van der Waals surface area contributed by atoms with Crippen LogP contribution in [0.1, 0.15) is 61.9 Å². The van der Waals surface area contributed by atoms with Crippen molar-refractivity contribution in [1.82, 2.24) is 9.88 Å². The van der Waals surface area contributed by atoms with Crippen LogP contribution in [0, 0.1) is 19.7 Å². The molecule has 0 saturated carbocycles. The minimum Gasteiger partial charge on any atom is -0.497 e. The number of nitrogens with zero attached hydrogens (tertiary/aromatic N) is 1. The van der Waals surface area contributed by atoms with Crippen LogP contribution in [0.5, 0.6) is 5.75 Å². The maximum atomic E-state index is 13.7. The number of nitrogens with one attached hydrogen (secondary N) is 1. The highest BCUT2D eigenvalue weighted by molar-refractivity contribution is 6.07. The Bertz CT molecular complexity index is 1220. The first-order valence-corrected chi connectivity index (χ1v) is 11.3. The van der Waals surface area contributed by atoms with Gasteiger partial charge in [0.2, 0.25) is 0 Å². The molecule has 1 unspecified atom stereocenters. The van der Waals surface area contributed by atoms with Gasteiger partial charge in [-0.25, -0.2) is 9.18 Å². The minimum absolute atomic E-state index is 0.0886. The third-order valence-electron chi connectivity index (χ3n) is 5.87. The number of ketones is 1. The normalized spacial score (nSPS) is 11.6. The third kappa shape index (κ3) is 5.59. The molecule has 0 radical (unpaired) electrons. The summed E-state index contributed by atoms with van der Waals surface area (Å²) >= 11 is 0. The highest BCUT2D eigenvalue weighted by Gasteiger charge is 2.32. The molecule has 184 valence electrons. The zero-order valence-corrected chi connectivity index (χ0v) is 20.5. The van der Waals surface area contributed by atoms with E-state index >= 15 is 0 Å². The van der Waals surface area contributed by atoms with Gasteiger partial charge < -0.3 is 19.4 Å². The Morgan fingerprint density at radius 1 is 1.03 bits per heavy atom. The van der Waals surface area contributed by atoms with E-state index in [9.17, 15) is 18.8 Å². The first-order valence-electron chi connectivity index (χ1n) is 11.3. The predicted molar refractivity (Wildman–Crippen MR) is 129 cm³/mol. The quantitative estimate of drug-likeness (QED) is 0.349. The summed E-state index contributed by atoms with van der Waals surface area (Å²) in [6.07, 6.45) is 0. The smallest absolute Gasteiger partial charge is 0.355 e. The van der Waals surface area contributed by atoms with Gasteiger partial charge in [-0.15, -0.1) is 0 Å². The molecule has 0 aliphatic carbocycles. The zero-order chi connectivity index (χ0) is 25.7. The van der Waals surface area contributed by atoms with Gasteiger partial charge >= 0.3 is 5.97 Å². The molecule has 3 aromatic rings. The van der Waals surface area contributed by atoms with Crippen molar-refractivity contribution in [2.24, 2.45) is 0 Å². The van der Waals surface area contributed by atoms with Crippen LogP contribution in [0.2, 0.25) is 0 Å². The van der Waals surface area contributed by atoms with Crippen molar-refractivity contribution in [1.29, 1.82) is 0 Å². The van der Waals surface area contributed by atoms with Gasteiger partial charge in [-0.1, -0.05) is 12.1 Å². The summed E-state index contributed by atoms with van der Waals surface area (Å²) in [5.74, 6) is -1.03. The summed E-state index contributed by atoms with van der Waals surface area (Å²) in [7, 11) is 1.53. The van der Waals surface area contributed by atoms with Crippen molar-refractivity contribution in [3.63, 3.8) is 0 Å². The van der Waals surface area contributed by atoms with Crippen LogP contribution in [0.15, 0.2) is 48.5 Å². The molecule has 0 aliphatic heterocycles. The Balaban J connectivity index is 1.98. The fourth-order valence-electron chi connectivity index (χ4n) is 3.95. The maximum Gasteiger partial charge on any atom is 0.355 e. The minimum atomic E-state index is -0.877. The number of esters is 1. The number of carbonyl (C=O) groups is 3. The van der Waals surface area contributed by atoms with Crippen molar-refractivity contribution in [3.05, 3.63) is 88.0 Å². The highest BCUT2D eigenvalue weighted by atomic mass is 19.1. The largest absolute Gasteiger partial charge is 0.497 e. The van der Waals surface area contributed by atoms with Crippen LogP contribution >= 0.6 is 0 Å². The number of aryl methyl sites for hydroxylation is 1. The molecule has 0 spiro atoms. The molecule has 3 rings (SSSR count). The standard InChI is InChI=1S/C27H29FN2O5/c1-6-35-27(33)24-16(2)23(17(3)29-24)25(31)18(4)30(15-19-7-11-21(28)12-8-19)26(32)20-9-13-22(34-5)14-10-20/h7-14,18,29H,6,15H2,1-5H3. The lowest BCUT2D eigenvalue weighted by molar-refractivity contribution is 0.0518. The summed E-state index contributed by atoms with van der Waals surface area (Å²) in [6, 6.07) is 11.5. The molecular weight excluding hydrogens is 451 g/mol. The van der Waals surface area contributed by atoms with Crippen LogP contribution < -0.4 is 4.74 Å². The van der Waals surface area contributed by atoms with E-state index in [1.807, 2.05) is 0 Å². The number of H-pyrrole nitrogens is 1. The van der Waals surface area contributed by atoms with Crippen LogP contribution in [0.25, 0.3) is 0 Å². The topological polar surface area (TPSA) is 88.7 Å². The van der Waals surface area contributed by atoms with Gasteiger partial charge in [0.1, 0.15) is 17.3 Å². The predicted octanol–water partition coefficient (Wildman–Crippen LogP) is 4.87. The number of halogens is 1. The molecule has 0 aliphatic rings. The van der Waals surface area contributed by atoms with Crippen LogP contribution in [0.3, 0.4) is 0 Å². The second-order valence-electron chi connectivity index (χ2n) is 8.17. The number of rotatable bonds is 9. The monoisotopic (exact) mass is 480 g/mol. The molecule has 0 bridgehead atoms. The van der Waals surface area contributed by atoms with E-state index in [4.69, 9.17) is 9.47 Å².